The van der Waals surface area contributed by atoms with Crippen molar-refractivity contribution in [3.05, 3.63) is 95.0 Å². The highest BCUT2D eigenvalue weighted by atomic mass is 35.5. The van der Waals surface area contributed by atoms with Crippen LogP contribution >= 0.6 is 11.6 Å². The lowest BCUT2D eigenvalue weighted by Gasteiger charge is -2.19. The topological polar surface area (TPSA) is 93.6 Å². The number of ketones is 1. The minimum Gasteiger partial charge on any atom is -0.451 e. The number of hydrogen-bond donors (Lipinski definition) is 0. The van der Waals surface area contributed by atoms with Crippen molar-refractivity contribution >= 4 is 51.8 Å². The zero-order chi connectivity index (χ0) is 29.1. The first kappa shape index (κ1) is 26.5. The molecule has 2 heterocycles. The minimum atomic E-state index is -1.04. The standard InChI is InChI=1S/C34H27ClN2O5/c1-18(31(38)22-7-4-8-23(35)15-22)42-34(41)26-17-28(36-27-11-3-2-10-25(26)27)19-6-5-9-24(16-19)37-32(39)29-20-12-13-21(14-20)30(29)33(37)40/h2-11,15-18,20-21,29-30H,12-14H2,1H3/t18-,20-,21-,29-,30+/m0/s1. The molecule has 3 fully saturated rings. The maximum Gasteiger partial charge on any atom is 0.339 e. The van der Waals surface area contributed by atoms with Gasteiger partial charge in [0.1, 0.15) is 0 Å². The molecule has 2 saturated carbocycles. The summed E-state index contributed by atoms with van der Waals surface area (Å²) in [7, 11) is 0. The van der Waals surface area contributed by atoms with Gasteiger partial charge in [-0.2, -0.15) is 0 Å². The molecule has 3 aliphatic rings. The fourth-order valence-corrected chi connectivity index (χ4v) is 7.30. The minimum absolute atomic E-state index is 0.108. The number of benzene rings is 3. The number of carbonyl (C=O) groups excluding carboxylic acids is 4. The molecule has 4 aromatic rings. The average Bonchev–Trinajstić information content (AvgIpc) is 3.69. The summed E-state index contributed by atoms with van der Waals surface area (Å²) in [4.78, 5) is 59.4. The Morgan fingerprint density at radius 2 is 1.62 bits per heavy atom. The highest BCUT2D eigenvalue weighted by Gasteiger charge is 2.61. The average molecular weight is 579 g/mol. The van der Waals surface area contributed by atoms with Crippen molar-refractivity contribution in [3.8, 4) is 11.3 Å². The van der Waals surface area contributed by atoms with Gasteiger partial charge in [-0.3, -0.25) is 19.3 Å². The molecular weight excluding hydrogens is 552 g/mol. The Kier molecular flexibility index (Phi) is 6.43. The normalized spacial score (nSPS) is 23.3. The van der Waals surface area contributed by atoms with Crippen LogP contribution in [-0.2, 0) is 14.3 Å². The number of nitrogens with zero attached hydrogens (tertiary/aromatic N) is 2. The molecule has 2 aliphatic carbocycles. The molecule has 0 spiro atoms. The molecule has 210 valence electrons. The third-order valence-electron chi connectivity index (χ3n) is 9.03. The van der Waals surface area contributed by atoms with Gasteiger partial charge in [-0.1, -0.05) is 54.1 Å². The summed E-state index contributed by atoms with van der Waals surface area (Å²) in [6.07, 6.45) is 1.96. The van der Waals surface area contributed by atoms with Gasteiger partial charge in [0, 0.05) is 21.5 Å². The van der Waals surface area contributed by atoms with Crippen molar-refractivity contribution in [2.45, 2.75) is 32.3 Å². The molecular formula is C34H27ClN2O5. The third-order valence-corrected chi connectivity index (χ3v) is 9.26. The lowest BCUT2D eigenvalue weighted by Crippen LogP contribution is -2.32. The number of anilines is 1. The fourth-order valence-electron chi connectivity index (χ4n) is 7.11. The summed E-state index contributed by atoms with van der Waals surface area (Å²) in [5.74, 6) is -1.07. The molecule has 3 aromatic carbocycles. The maximum absolute atomic E-state index is 13.5. The molecule has 7 nitrogen and oxygen atoms in total. The van der Waals surface area contributed by atoms with Gasteiger partial charge in [0.2, 0.25) is 17.6 Å². The molecule has 1 saturated heterocycles. The van der Waals surface area contributed by atoms with Crippen LogP contribution in [0.15, 0.2) is 78.9 Å². The highest BCUT2D eigenvalue weighted by molar-refractivity contribution is 6.31. The molecule has 0 N–H and O–H groups in total. The molecule has 8 heteroatoms. The maximum atomic E-state index is 13.5. The SMILES string of the molecule is C[C@H](OC(=O)c1cc(-c2cccc(N3C(=O)[C@@H]4[C@H]5CC[C@@H](C5)[C@@H]4C3=O)c2)nc2ccccc12)C(=O)c1cccc(Cl)c1. The first-order valence-electron chi connectivity index (χ1n) is 14.2. The van der Waals surface area contributed by atoms with Crippen molar-refractivity contribution in [3.63, 3.8) is 0 Å². The van der Waals surface area contributed by atoms with E-state index in [4.69, 9.17) is 21.3 Å². The van der Waals surface area contributed by atoms with Crippen molar-refractivity contribution in [2.75, 3.05) is 4.90 Å². The first-order valence-corrected chi connectivity index (χ1v) is 14.6. The number of Topliss-reactive ketones (excluding diaryl/α,β-unsaturated/α-hetero) is 1. The number of halogens is 1. The van der Waals surface area contributed by atoms with Gasteiger partial charge in [0.05, 0.1) is 34.3 Å². The second-order valence-electron chi connectivity index (χ2n) is 11.4. The predicted molar refractivity (Wildman–Crippen MR) is 158 cm³/mol. The van der Waals surface area contributed by atoms with E-state index in [1.54, 1.807) is 60.7 Å². The number of aromatic nitrogens is 1. The largest absolute Gasteiger partial charge is 0.451 e. The van der Waals surface area contributed by atoms with E-state index in [1.807, 2.05) is 12.1 Å². The molecule has 42 heavy (non-hydrogen) atoms. The summed E-state index contributed by atoms with van der Waals surface area (Å²) < 4.78 is 5.64. The van der Waals surface area contributed by atoms with E-state index in [0.717, 1.165) is 19.3 Å². The molecule has 2 amide bonds. The van der Waals surface area contributed by atoms with Crippen LogP contribution in [0.25, 0.3) is 22.2 Å². The van der Waals surface area contributed by atoms with E-state index in [1.165, 1.54) is 17.9 Å². The second-order valence-corrected chi connectivity index (χ2v) is 11.9. The number of para-hydroxylation sites is 1. The van der Waals surface area contributed by atoms with E-state index in [2.05, 4.69) is 0 Å². The van der Waals surface area contributed by atoms with Gasteiger partial charge in [-0.05, 0) is 74.4 Å². The van der Waals surface area contributed by atoms with Crippen molar-refractivity contribution in [2.24, 2.45) is 23.7 Å². The lowest BCUT2D eigenvalue weighted by atomic mass is 9.81. The van der Waals surface area contributed by atoms with Crippen molar-refractivity contribution in [1.82, 2.24) is 4.98 Å². The van der Waals surface area contributed by atoms with Gasteiger partial charge in [-0.25, -0.2) is 9.78 Å². The Morgan fingerprint density at radius 1 is 0.905 bits per heavy atom. The van der Waals surface area contributed by atoms with Gasteiger partial charge in [0.15, 0.2) is 6.10 Å². The summed E-state index contributed by atoms with van der Waals surface area (Å²) in [6, 6.07) is 22.5. The van der Waals surface area contributed by atoms with Crippen LogP contribution in [0.2, 0.25) is 5.02 Å². The molecule has 1 aliphatic heterocycles. The molecule has 2 bridgehead atoms. The third kappa shape index (κ3) is 4.31. The van der Waals surface area contributed by atoms with Gasteiger partial charge in [0.25, 0.3) is 0 Å². The number of fused-ring (bicyclic) bond motifs is 6. The zero-order valence-electron chi connectivity index (χ0n) is 22.8. The molecule has 7 rings (SSSR count). The summed E-state index contributed by atoms with van der Waals surface area (Å²) in [5, 5.41) is 0.997. The number of hydrogen-bond acceptors (Lipinski definition) is 6. The van der Waals surface area contributed by atoms with Crippen LogP contribution in [0.3, 0.4) is 0 Å². The van der Waals surface area contributed by atoms with Crippen LogP contribution in [0.1, 0.15) is 46.9 Å². The Morgan fingerprint density at radius 3 is 2.36 bits per heavy atom. The van der Waals surface area contributed by atoms with E-state index in [0.29, 0.717) is 50.3 Å². The number of ether oxygens (including phenoxy) is 1. The smallest absolute Gasteiger partial charge is 0.339 e. The Labute approximate surface area is 247 Å². The Hall–Kier alpha value is -4.36. The Bertz CT molecular complexity index is 1770. The second kappa shape index (κ2) is 10.2. The fraction of sp³-hybridized carbons (Fsp3) is 0.265. The monoisotopic (exact) mass is 578 g/mol. The molecule has 0 radical (unpaired) electrons. The van der Waals surface area contributed by atoms with Crippen LogP contribution in [0, 0.1) is 23.7 Å². The zero-order valence-corrected chi connectivity index (χ0v) is 23.6. The van der Waals surface area contributed by atoms with Crippen LogP contribution < -0.4 is 4.90 Å². The summed E-state index contributed by atoms with van der Waals surface area (Å²) in [6.45, 7) is 1.53. The predicted octanol–water partition coefficient (Wildman–Crippen LogP) is 6.52. The van der Waals surface area contributed by atoms with Crippen LogP contribution in [0.4, 0.5) is 5.69 Å². The van der Waals surface area contributed by atoms with E-state index >= 15 is 0 Å². The summed E-state index contributed by atoms with van der Waals surface area (Å²) >= 11 is 6.04. The van der Waals surface area contributed by atoms with E-state index in [-0.39, 0.29) is 35.0 Å². The van der Waals surface area contributed by atoms with Crippen LogP contribution in [-0.4, -0.2) is 34.7 Å². The van der Waals surface area contributed by atoms with Gasteiger partial charge in [-0.15, -0.1) is 0 Å². The van der Waals surface area contributed by atoms with Crippen molar-refractivity contribution in [1.29, 1.82) is 0 Å². The number of esters is 1. The van der Waals surface area contributed by atoms with E-state index in [9.17, 15) is 19.2 Å². The number of imide groups is 1. The highest BCUT2D eigenvalue weighted by Crippen LogP contribution is 2.56. The number of amides is 2. The molecule has 5 atom stereocenters. The Balaban J connectivity index is 1.21. The first-order chi connectivity index (χ1) is 20.3. The van der Waals surface area contributed by atoms with Gasteiger partial charge < -0.3 is 4.74 Å². The lowest BCUT2D eigenvalue weighted by molar-refractivity contribution is -0.123. The van der Waals surface area contributed by atoms with E-state index < -0.39 is 12.1 Å². The van der Waals surface area contributed by atoms with Gasteiger partial charge >= 0.3 is 5.97 Å². The quantitative estimate of drug-likeness (QED) is 0.147. The molecule has 0 unspecified atom stereocenters. The van der Waals surface area contributed by atoms with Crippen LogP contribution in [0.5, 0.6) is 0 Å². The summed E-state index contributed by atoms with van der Waals surface area (Å²) in [5.41, 5.74) is 2.82. The number of pyridine rings is 1. The molecule has 1 aromatic heterocycles. The van der Waals surface area contributed by atoms with Crippen molar-refractivity contribution < 1.29 is 23.9 Å². The number of carbonyl (C=O) groups is 4. The number of rotatable bonds is 6.